The van der Waals surface area contributed by atoms with Crippen LogP contribution in [0.3, 0.4) is 0 Å². The number of rotatable bonds is 2. The maximum Gasteiger partial charge on any atom is 0.123 e. The van der Waals surface area contributed by atoms with Gasteiger partial charge in [0, 0.05) is 23.2 Å². The Hall–Kier alpha value is -3.07. The zero-order valence-corrected chi connectivity index (χ0v) is 12.3. The molecule has 0 aliphatic rings. The van der Waals surface area contributed by atoms with Crippen molar-refractivity contribution in [2.24, 2.45) is 4.99 Å². The maximum atomic E-state index is 13.0. The van der Waals surface area contributed by atoms with Crippen LogP contribution < -0.4 is 0 Å². The van der Waals surface area contributed by atoms with Crippen LogP contribution >= 0.6 is 0 Å². The quantitative estimate of drug-likeness (QED) is 0.365. The van der Waals surface area contributed by atoms with Crippen molar-refractivity contribution in [3.8, 4) is 0 Å². The molecule has 0 unspecified atom stereocenters. The second kappa shape index (κ2) is 5.61. The highest BCUT2D eigenvalue weighted by molar-refractivity contribution is 6.10. The lowest BCUT2D eigenvalue weighted by Gasteiger charge is -2.05. The molecule has 0 radical (unpaired) electrons. The first-order chi connectivity index (χ1) is 11.3. The van der Waals surface area contributed by atoms with E-state index in [1.807, 2.05) is 18.3 Å². The molecule has 2 nitrogen and oxygen atoms in total. The fourth-order valence-corrected chi connectivity index (χ4v) is 2.71. The summed E-state index contributed by atoms with van der Waals surface area (Å²) in [6, 6.07) is 18.6. The van der Waals surface area contributed by atoms with Gasteiger partial charge in [-0.15, -0.1) is 0 Å². The summed E-state index contributed by atoms with van der Waals surface area (Å²) in [5.74, 6) is -0.250. The van der Waals surface area contributed by atoms with Gasteiger partial charge in [0.25, 0.3) is 0 Å². The van der Waals surface area contributed by atoms with Gasteiger partial charge in [0.15, 0.2) is 0 Å². The van der Waals surface area contributed by atoms with E-state index < -0.39 is 0 Å². The van der Waals surface area contributed by atoms with E-state index in [2.05, 4.69) is 34.2 Å². The smallest absolute Gasteiger partial charge is 0.123 e. The van der Waals surface area contributed by atoms with E-state index in [0.717, 1.165) is 27.4 Å². The molecule has 3 aromatic carbocycles. The predicted molar refractivity (Wildman–Crippen MR) is 92.9 cm³/mol. The molecule has 1 aromatic heterocycles. The molecule has 0 atom stereocenters. The van der Waals surface area contributed by atoms with Crippen molar-refractivity contribution in [2.75, 3.05) is 0 Å². The molecular formula is C20H13FN2. The average molecular weight is 300 g/mol. The van der Waals surface area contributed by atoms with Crippen LogP contribution in [0.4, 0.5) is 10.1 Å². The van der Waals surface area contributed by atoms with E-state index in [1.54, 1.807) is 24.5 Å². The van der Waals surface area contributed by atoms with Gasteiger partial charge in [-0.05, 0) is 28.5 Å². The third kappa shape index (κ3) is 2.57. The zero-order chi connectivity index (χ0) is 15.6. The number of nitrogens with zero attached hydrogens (tertiary/aromatic N) is 2. The summed E-state index contributed by atoms with van der Waals surface area (Å²) < 4.78 is 13.0. The molecule has 0 saturated carbocycles. The Kier molecular flexibility index (Phi) is 3.31. The minimum atomic E-state index is -0.250. The molecule has 0 aliphatic carbocycles. The van der Waals surface area contributed by atoms with Crippen LogP contribution in [0.5, 0.6) is 0 Å². The topological polar surface area (TPSA) is 25.2 Å². The van der Waals surface area contributed by atoms with Crippen LogP contribution in [0.25, 0.3) is 21.5 Å². The molecule has 0 spiro atoms. The van der Waals surface area contributed by atoms with Gasteiger partial charge in [0.1, 0.15) is 5.82 Å². The number of fused-ring (bicyclic) bond motifs is 3. The lowest BCUT2D eigenvalue weighted by molar-refractivity contribution is 0.628. The molecule has 4 rings (SSSR count). The maximum absolute atomic E-state index is 13.0. The van der Waals surface area contributed by atoms with Crippen molar-refractivity contribution in [3.05, 3.63) is 84.4 Å². The van der Waals surface area contributed by atoms with Gasteiger partial charge in [0.05, 0.1) is 11.9 Å². The highest BCUT2D eigenvalue weighted by atomic mass is 19.1. The summed E-state index contributed by atoms with van der Waals surface area (Å²) in [6.07, 6.45) is 5.34. The van der Waals surface area contributed by atoms with Crippen molar-refractivity contribution in [2.45, 2.75) is 0 Å². The standard InChI is InChI=1S/C20H13FN2/c21-16-8-5-14(6-9-16)11-23-20-13-22-12-19-17-4-2-1-3-15(17)7-10-18(19)20/h1-13H. The summed E-state index contributed by atoms with van der Waals surface area (Å²) in [7, 11) is 0. The van der Waals surface area contributed by atoms with Crippen molar-refractivity contribution < 1.29 is 4.39 Å². The van der Waals surface area contributed by atoms with Gasteiger partial charge in [0.2, 0.25) is 0 Å². The average Bonchev–Trinajstić information content (AvgIpc) is 2.61. The third-order valence-electron chi connectivity index (χ3n) is 3.87. The Morgan fingerprint density at radius 2 is 1.61 bits per heavy atom. The minimum Gasteiger partial charge on any atom is -0.262 e. The van der Waals surface area contributed by atoms with E-state index in [4.69, 9.17) is 0 Å². The minimum absolute atomic E-state index is 0.250. The highest BCUT2D eigenvalue weighted by Gasteiger charge is 2.04. The van der Waals surface area contributed by atoms with Gasteiger partial charge in [-0.2, -0.15) is 0 Å². The largest absolute Gasteiger partial charge is 0.262 e. The molecule has 0 amide bonds. The Morgan fingerprint density at radius 1 is 0.783 bits per heavy atom. The van der Waals surface area contributed by atoms with Crippen LogP contribution in [0.15, 0.2) is 78.0 Å². The molecule has 110 valence electrons. The lowest BCUT2D eigenvalue weighted by atomic mass is 10.0. The molecule has 23 heavy (non-hydrogen) atoms. The molecule has 0 fully saturated rings. The lowest BCUT2D eigenvalue weighted by Crippen LogP contribution is -1.83. The molecule has 3 heteroatoms. The molecule has 0 saturated heterocycles. The molecule has 1 heterocycles. The highest BCUT2D eigenvalue weighted by Crippen LogP contribution is 2.30. The predicted octanol–water partition coefficient (Wildman–Crippen LogP) is 5.28. The Balaban J connectivity index is 1.84. The van der Waals surface area contributed by atoms with Gasteiger partial charge in [-0.1, -0.05) is 48.5 Å². The summed E-state index contributed by atoms with van der Waals surface area (Å²) in [4.78, 5) is 8.85. The first-order valence-corrected chi connectivity index (χ1v) is 7.36. The Bertz CT molecular complexity index is 1020. The normalized spacial score (nSPS) is 11.5. The van der Waals surface area contributed by atoms with E-state index in [1.165, 1.54) is 17.5 Å². The van der Waals surface area contributed by atoms with Crippen LogP contribution in [-0.4, -0.2) is 11.2 Å². The molecule has 0 bridgehead atoms. The van der Waals surface area contributed by atoms with Crippen molar-refractivity contribution in [3.63, 3.8) is 0 Å². The van der Waals surface area contributed by atoms with Gasteiger partial charge >= 0.3 is 0 Å². The molecular weight excluding hydrogens is 287 g/mol. The van der Waals surface area contributed by atoms with Crippen LogP contribution in [-0.2, 0) is 0 Å². The van der Waals surface area contributed by atoms with Gasteiger partial charge in [-0.3, -0.25) is 9.98 Å². The van der Waals surface area contributed by atoms with Gasteiger partial charge in [-0.25, -0.2) is 4.39 Å². The SMILES string of the molecule is Fc1ccc(C=Nc2cncc3c2ccc2ccccc23)cc1. The number of hydrogen-bond acceptors (Lipinski definition) is 2. The van der Waals surface area contributed by atoms with E-state index in [0.29, 0.717) is 0 Å². The zero-order valence-electron chi connectivity index (χ0n) is 12.3. The first-order valence-electron chi connectivity index (χ1n) is 7.36. The molecule has 4 aromatic rings. The van der Waals surface area contributed by atoms with Gasteiger partial charge < -0.3 is 0 Å². The number of benzene rings is 3. The molecule has 0 aliphatic heterocycles. The van der Waals surface area contributed by atoms with E-state index >= 15 is 0 Å². The second-order valence-electron chi connectivity index (χ2n) is 5.35. The second-order valence-corrected chi connectivity index (χ2v) is 5.35. The first kappa shape index (κ1) is 13.6. The number of halogens is 1. The summed E-state index contributed by atoms with van der Waals surface area (Å²) in [6.45, 7) is 0. The monoisotopic (exact) mass is 300 g/mol. The van der Waals surface area contributed by atoms with Crippen molar-refractivity contribution in [1.82, 2.24) is 4.98 Å². The van der Waals surface area contributed by atoms with Crippen LogP contribution in [0.2, 0.25) is 0 Å². The number of aromatic nitrogens is 1. The Morgan fingerprint density at radius 3 is 2.48 bits per heavy atom. The van der Waals surface area contributed by atoms with Crippen molar-refractivity contribution >= 4 is 33.4 Å². The number of pyridine rings is 1. The van der Waals surface area contributed by atoms with Crippen molar-refractivity contribution in [1.29, 1.82) is 0 Å². The van der Waals surface area contributed by atoms with Crippen LogP contribution in [0, 0.1) is 5.82 Å². The molecule has 0 N–H and O–H groups in total. The fraction of sp³-hybridized carbons (Fsp3) is 0. The Labute approximate surface area is 132 Å². The van der Waals surface area contributed by atoms with E-state index in [9.17, 15) is 4.39 Å². The summed E-state index contributed by atoms with van der Waals surface area (Å²) in [5, 5.41) is 4.48. The summed E-state index contributed by atoms with van der Waals surface area (Å²) >= 11 is 0. The van der Waals surface area contributed by atoms with E-state index in [-0.39, 0.29) is 5.82 Å². The van der Waals surface area contributed by atoms with Crippen LogP contribution in [0.1, 0.15) is 5.56 Å². The third-order valence-corrected chi connectivity index (χ3v) is 3.87. The number of aliphatic imine (C=N–C) groups is 1. The number of hydrogen-bond donors (Lipinski definition) is 0. The summed E-state index contributed by atoms with van der Waals surface area (Å²) in [5.41, 5.74) is 1.65. The fourth-order valence-electron chi connectivity index (χ4n) is 2.71.